The van der Waals surface area contributed by atoms with Gasteiger partial charge >= 0.3 is 0 Å². The predicted molar refractivity (Wildman–Crippen MR) is 77.8 cm³/mol. The minimum absolute atomic E-state index is 0.263. The quantitative estimate of drug-likeness (QED) is 0.864. The molecule has 1 aromatic carbocycles. The van der Waals surface area contributed by atoms with E-state index >= 15 is 0 Å². The van der Waals surface area contributed by atoms with Crippen LogP contribution in [0.3, 0.4) is 0 Å². The molecule has 0 saturated carbocycles. The van der Waals surface area contributed by atoms with Gasteiger partial charge in [0.1, 0.15) is 5.75 Å². The van der Waals surface area contributed by atoms with Gasteiger partial charge in [-0.25, -0.2) is 0 Å². The van der Waals surface area contributed by atoms with Gasteiger partial charge in [-0.3, -0.25) is 4.90 Å². The standard InChI is InChI=1S/C16H27NO/c1-7-15(13-8-10-14(18)11-9-13)17(6)12(2)16(3,4)5/h8-12,15,18H,7H2,1-6H3. The molecule has 2 heteroatoms. The topological polar surface area (TPSA) is 23.5 Å². The summed E-state index contributed by atoms with van der Waals surface area (Å²) in [4.78, 5) is 2.44. The molecule has 1 rings (SSSR count). The Morgan fingerprint density at radius 2 is 1.67 bits per heavy atom. The van der Waals surface area contributed by atoms with E-state index in [-0.39, 0.29) is 5.41 Å². The Labute approximate surface area is 112 Å². The number of rotatable bonds is 4. The van der Waals surface area contributed by atoms with Crippen LogP contribution in [0.25, 0.3) is 0 Å². The normalized spacial score (nSPS) is 15.7. The van der Waals surface area contributed by atoms with Gasteiger partial charge in [-0.1, -0.05) is 39.8 Å². The minimum atomic E-state index is 0.263. The fourth-order valence-electron chi connectivity index (χ4n) is 2.34. The number of hydrogen-bond acceptors (Lipinski definition) is 2. The summed E-state index contributed by atoms with van der Waals surface area (Å²) in [5.41, 5.74) is 1.54. The van der Waals surface area contributed by atoms with Gasteiger partial charge in [0.25, 0.3) is 0 Å². The van der Waals surface area contributed by atoms with Crippen LogP contribution in [0.5, 0.6) is 5.75 Å². The van der Waals surface area contributed by atoms with E-state index in [0.717, 1.165) is 6.42 Å². The van der Waals surface area contributed by atoms with Crippen LogP contribution in [0.1, 0.15) is 52.6 Å². The molecule has 0 aliphatic rings. The lowest BCUT2D eigenvalue weighted by Gasteiger charge is -2.40. The Hall–Kier alpha value is -1.02. The molecule has 0 fully saturated rings. The number of benzene rings is 1. The summed E-state index contributed by atoms with van der Waals surface area (Å²) in [6.07, 6.45) is 1.07. The summed E-state index contributed by atoms with van der Waals surface area (Å²) >= 11 is 0. The summed E-state index contributed by atoms with van der Waals surface area (Å²) in [7, 11) is 2.19. The molecule has 0 heterocycles. The molecular formula is C16H27NO. The Morgan fingerprint density at radius 1 is 1.17 bits per heavy atom. The van der Waals surface area contributed by atoms with Crippen molar-refractivity contribution >= 4 is 0 Å². The maximum Gasteiger partial charge on any atom is 0.115 e. The van der Waals surface area contributed by atoms with Crippen molar-refractivity contribution in [2.24, 2.45) is 5.41 Å². The monoisotopic (exact) mass is 249 g/mol. The zero-order chi connectivity index (χ0) is 13.9. The van der Waals surface area contributed by atoms with E-state index in [9.17, 15) is 5.11 Å². The fraction of sp³-hybridized carbons (Fsp3) is 0.625. The highest BCUT2D eigenvalue weighted by atomic mass is 16.3. The van der Waals surface area contributed by atoms with Crippen molar-refractivity contribution in [2.75, 3.05) is 7.05 Å². The average molecular weight is 249 g/mol. The highest BCUT2D eigenvalue weighted by molar-refractivity contribution is 5.28. The van der Waals surface area contributed by atoms with Crippen LogP contribution in [-0.2, 0) is 0 Å². The molecule has 18 heavy (non-hydrogen) atoms. The van der Waals surface area contributed by atoms with Crippen LogP contribution in [0, 0.1) is 5.41 Å². The van der Waals surface area contributed by atoms with Gasteiger partial charge in [-0.15, -0.1) is 0 Å². The number of phenols is 1. The van der Waals surface area contributed by atoms with E-state index in [1.54, 1.807) is 12.1 Å². The molecule has 0 bridgehead atoms. The molecule has 0 amide bonds. The molecule has 0 radical (unpaired) electrons. The highest BCUT2D eigenvalue weighted by Gasteiger charge is 2.28. The van der Waals surface area contributed by atoms with Crippen molar-refractivity contribution < 1.29 is 5.11 Å². The summed E-state index contributed by atoms with van der Waals surface area (Å²) in [5.74, 6) is 0.333. The molecular weight excluding hydrogens is 222 g/mol. The summed E-state index contributed by atoms with van der Waals surface area (Å²) in [6, 6.07) is 8.49. The molecule has 2 nitrogen and oxygen atoms in total. The Balaban J connectivity index is 2.93. The van der Waals surface area contributed by atoms with Crippen molar-refractivity contribution in [3.8, 4) is 5.75 Å². The van der Waals surface area contributed by atoms with E-state index in [1.165, 1.54) is 5.56 Å². The second-order valence-electron chi connectivity index (χ2n) is 6.22. The summed E-state index contributed by atoms with van der Waals surface area (Å²) < 4.78 is 0. The first-order chi connectivity index (χ1) is 8.27. The third-order valence-corrected chi connectivity index (χ3v) is 4.02. The minimum Gasteiger partial charge on any atom is -0.508 e. The van der Waals surface area contributed by atoms with E-state index < -0.39 is 0 Å². The molecule has 102 valence electrons. The second kappa shape index (κ2) is 5.75. The van der Waals surface area contributed by atoms with Crippen LogP contribution >= 0.6 is 0 Å². The van der Waals surface area contributed by atoms with Crippen molar-refractivity contribution in [2.45, 2.75) is 53.1 Å². The van der Waals surface area contributed by atoms with Crippen molar-refractivity contribution in [1.29, 1.82) is 0 Å². The van der Waals surface area contributed by atoms with E-state index in [0.29, 0.717) is 17.8 Å². The predicted octanol–water partition coefficient (Wildman–Crippen LogP) is 4.21. The number of phenolic OH excluding ortho intramolecular Hbond substituents is 1. The summed E-state index contributed by atoms with van der Waals surface area (Å²) in [5, 5.41) is 9.37. The lowest BCUT2D eigenvalue weighted by molar-refractivity contribution is 0.0947. The molecule has 2 atom stereocenters. The first-order valence-corrected chi connectivity index (χ1v) is 6.78. The zero-order valence-corrected chi connectivity index (χ0v) is 12.6. The Bertz CT molecular complexity index is 364. The molecule has 1 aromatic rings. The number of hydrogen-bond donors (Lipinski definition) is 1. The number of aromatic hydroxyl groups is 1. The van der Waals surface area contributed by atoms with Crippen molar-refractivity contribution in [1.82, 2.24) is 4.90 Å². The lowest BCUT2D eigenvalue weighted by atomic mass is 9.85. The summed E-state index contributed by atoms with van der Waals surface area (Å²) in [6.45, 7) is 11.3. The van der Waals surface area contributed by atoms with Crippen LogP contribution in [-0.4, -0.2) is 23.1 Å². The average Bonchev–Trinajstić information content (AvgIpc) is 2.30. The molecule has 0 saturated heterocycles. The van der Waals surface area contributed by atoms with Crippen LogP contribution in [0.2, 0.25) is 0 Å². The highest BCUT2D eigenvalue weighted by Crippen LogP contribution is 2.32. The number of nitrogens with zero attached hydrogens (tertiary/aromatic N) is 1. The fourth-order valence-corrected chi connectivity index (χ4v) is 2.34. The maximum absolute atomic E-state index is 9.37. The molecule has 1 N–H and O–H groups in total. The van der Waals surface area contributed by atoms with Crippen LogP contribution in [0.15, 0.2) is 24.3 Å². The van der Waals surface area contributed by atoms with Gasteiger partial charge in [-0.05, 0) is 43.5 Å². The van der Waals surface area contributed by atoms with Gasteiger partial charge in [0, 0.05) is 12.1 Å². The smallest absolute Gasteiger partial charge is 0.115 e. The Kier molecular flexibility index (Phi) is 4.80. The van der Waals surface area contributed by atoms with Crippen LogP contribution in [0.4, 0.5) is 0 Å². The first-order valence-electron chi connectivity index (χ1n) is 6.78. The molecule has 2 unspecified atom stereocenters. The maximum atomic E-state index is 9.37. The second-order valence-corrected chi connectivity index (χ2v) is 6.22. The molecule has 0 aromatic heterocycles. The molecule has 0 aliphatic heterocycles. The lowest BCUT2D eigenvalue weighted by Crippen LogP contribution is -2.41. The third-order valence-electron chi connectivity index (χ3n) is 4.02. The first kappa shape index (κ1) is 15.0. The molecule has 0 aliphatic carbocycles. The van der Waals surface area contributed by atoms with Gasteiger partial charge in [0.05, 0.1) is 0 Å². The van der Waals surface area contributed by atoms with Gasteiger partial charge in [0.15, 0.2) is 0 Å². The van der Waals surface area contributed by atoms with E-state index in [1.807, 2.05) is 12.1 Å². The third kappa shape index (κ3) is 3.49. The zero-order valence-electron chi connectivity index (χ0n) is 12.6. The van der Waals surface area contributed by atoms with Gasteiger partial charge < -0.3 is 5.11 Å². The van der Waals surface area contributed by atoms with Crippen molar-refractivity contribution in [3.05, 3.63) is 29.8 Å². The van der Waals surface area contributed by atoms with Crippen LogP contribution < -0.4 is 0 Å². The van der Waals surface area contributed by atoms with Crippen molar-refractivity contribution in [3.63, 3.8) is 0 Å². The van der Waals surface area contributed by atoms with E-state index in [2.05, 4.69) is 46.6 Å². The van der Waals surface area contributed by atoms with E-state index in [4.69, 9.17) is 0 Å². The molecule has 0 spiro atoms. The largest absolute Gasteiger partial charge is 0.508 e. The Morgan fingerprint density at radius 3 is 2.06 bits per heavy atom. The van der Waals surface area contributed by atoms with Gasteiger partial charge in [-0.2, -0.15) is 0 Å². The van der Waals surface area contributed by atoms with Gasteiger partial charge in [0.2, 0.25) is 0 Å². The SMILES string of the molecule is CCC(c1ccc(O)cc1)N(C)C(C)C(C)(C)C.